The molecule has 20 heavy (non-hydrogen) atoms. The van der Waals surface area contributed by atoms with Crippen LogP contribution in [0.4, 0.5) is 11.4 Å². The molecule has 1 rings (SSSR count). The number of anilines is 2. The molecular weight excluding hydrogens is 256 g/mol. The summed E-state index contributed by atoms with van der Waals surface area (Å²) in [6.07, 6.45) is 1.84. The van der Waals surface area contributed by atoms with Gasteiger partial charge in [0.05, 0.1) is 20.3 Å². The van der Waals surface area contributed by atoms with Crippen molar-refractivity contribution in [2.24, 2.45) is 5.92 Å². The third kappa shape index (κ3) is 4.11. The molecule has 0 unspecified atom stereocenters. The van der Waals surface area contributed by atoms with E-state index >= 15 is 0 Å². The molecule has 0 aliphatic carbocycles. The lowest BCUT2D eigenvalue weighted by Crippen LogP contribution is -2.08. The van der Waals surface area contributed by atoms with Gasteiger partial charge in [0.25, 0.3) is 0 Å². The van der Waals surface area contributed by atoms with E-state index in [0.29, 0.717) is 47.8 Å². The molecule has 0 heterocycles. The van der Waals surface area contributed by atoms with Crippen LogP contribution in [0.25, 0.3) is 0 Å². The zero-order valence-electron chi connectivity index (χ0n) is 12.9. The summed E-state index contributed by atoms with van der Waals surface area (Å²) in [5.74, 6) is 2.14. The highest BCUT2D eigenvalue weighted by Crippen LogP contribution is 2.43. The Labute approximate surface area is 121 Å². The van der Waals surface area contributed by atoms with Gasteiger partial charge in [-0.3, -0.25) is 0 Å². The molecule has 0 fully saturated rings. The fourth-order valence-electron chi connectivity index (χ4n) is 1.68. The fourth-order valence-corrected chi connectivity index (χ4v) is 1.68. The number of nitrogen functional groups attached to an aromatic ring is 2. The van der Waals surface area contributed by atoms with Crippen LogP contribution in [-0.2, 0) is 0 Å². The molecule has 5 heteroatoms. The van der Waals surface area contributed by atoms with E-state index in [9.17, 15) is 0 Å². The number of hydrogen-bond acceptors (Lipinski definition) is 5. The minimum Gasteiger partial charge on any atom is -0.493 e. The summed E-state index contributed by atoms with van der Waals surface area (Å²) in [5, 5.41) is 0. The topological polar surface area (TPSA) is 79.7 Å². The Morgan fingerprint density at radius 1 is 1.05 bits per heavy atom. The van der Waals surface area contributed by atoms with Gasteiger partial charge >= 0.3 is 0 Å². The summed E-state index contributed by atoms with van der Waals surface area (Å²) >= 11 is 0. The van der Waals surface area contributed by atoms with E-state index in [1.165, 1.54) is 0 Å². The molecule has 0 aliphatic rings. The van der Waals surface area contributed by atoms with Gasteiger partial charge in [-0.2, -0.15) is 0 Å². The van der Waals surface area contributed by atoms with Crippen LogP contribution in [0, 0.1) is 5.92 Å². The van der Waals surface area contributed by atoms with Crippen molar-refractivity contribution in [1.82, 2.24) is 0 Å². The van der Waals surface area contributed by atoms with Crippen LogP contribution in [0.5, 0.6) is 17.2 Å². The molecule has 0 radical (unpaired) electrons. The van der Waals surface area contributed by atoms with Gasteiger partial charge in [-0.15, -0.1) is 0 Å². The lowest BCUT2D eigenvalue weighted by Gasteiger charge is -2.18. The number of benzene rings is 1. The second-order valence-electron chi connectivity index (χ2n) is 5.11. The number of methoxy groups -OCH3 is 1. The van der Waals surface area contributed by atoms with E-state index in [2.05, 4.69) is 13.8 Å². The third-order valence-corrected chi connectivity index (χ3v) is 2.91. The van der Waals surface area contributed by atoms with Crippen LogP contribution in [0.2, 0.25) is 0 Å². The molecular formula is C15H26N2O3. The molecule has 1 aromatic carbocycles. The summed E-state index contributed by atoms with van der Waals surface area (Å²) in [6.45, 7) is 7.47. The van der Waals surface area contributed by atoms with Crippen molar-refractivity contribution >= 4 is 11.4 Å². The van der Waals surface area contributed by atoms with Crippen LogP contribution in [-0.4, -0.2) is 20.3 Å². The fraction of sp³-hybridized carbons (Fsp3) is 0.600. The molecule has 114 valence electrons. The maximum Gasteiger partial charge on any atom is 0.186 e. The maximum absolute atomic E-state index is 6.04. The van der Waals surface area contributed by atoms with Gasteiger partial charge in [-0.25, -0.2) is 0 Å². The van der Waals surface area contributed by atoms with Gasteiger partial charge in [0, 0.05) is 6.07 Å². The normalized spacial score (nSPS) is 10.7. The summed E-state index contributed by atoms with van der Waals surface area (Å²) in [4.78, 5) is 0. The second kappa shape index (κ2) is 7.72. The Kier molecular flexibility index (Phi) is 6.28. The monoisotopic (exact) mass is 282 g/mol. The standard InChI is InChI=1S/C15H26N2O3/c1-5-7-19-11-9-12(18-4)15(14(17)13(11)16)20-8-6-10(2)3/h9-10H,5-8,16-17H2,1-4H3. The first-order valence-electron chi connectivity index (χ1n) is 7.02. The minimum atomic E-state index is 0.374. The van der Waals surface area contributed by atoms with Crippen molar-refractivity contribution in [2.75, 3.05) is 31.8 Å². The molecule has 4 N–H and O–H groups in total. The van der Waals surface area contributed by atoms with Crippen LogP contribution in [0.3, 0.4) is 0 Å². The Bertz CT molecular complexity index is 434. The Balaban J connectivity index is 2.96. The molecule has 0 aliphatic heterocycles. The number of rotatable bonds is 8. The summed E-state index contributed by atoms with van der Waals surface area (Å²) in [7, 11) is 1.57. The molecule has 0 aromatic heterocycles. The van der Waals surface area contributed by atoms with Gasteiger partial charge < -0.3 is 25.7 Å². The van der Waals surface area contributed by atoms with Crippen LogP contribution in [0.1, 0.15) is 33.6 Å². The maximum atomic E-state index is 6.04. The zero-order chi connectivity index (χ0) is 15.1. The molecule has 0 saturated heterocycles. The van der Waals surface area contributed by atoms with Gasteiger partial charge in [0.15, 0.2) is 11.5 Å². The molecule has 1 aromatic rings. The highest BCUT2D eigenvalue weighted by atomic mass is 16.5. The van der Waals surface area contributed by atoms with Crippen LogP contribution < -0.4 is 25.7 Å². The van der Waals surface area contributed by atoms with Gasteiger partial charge in [0.1, 0.15) is 17.1 Å². The van der Waals surface area contributed by atoms with Crippen molar-refractivity contribution < 1.29 is 14.2 Å². The minimum absolute atomic E-state index is 0.374. The SMILES string of the molecule is CCCOc1cc(OC)c(OCCC(C)C)c(N)c1N. The first-order chi connectivity index (χ1) is 9.51. The lowest BCUT2D eigenvalue weighted by molar-refractivity contribution is 0.272. The Hall–Kier alpha value is -1.78. The predicted molar refractivity (Wildman–Crippen MR) is 82.6 cm³/mol. The summed E-state index contributed by atoms with van der Waals surface area (Å²) in [5.41, 5.74) is 12.8. The first-order valence-corrected chi connectivity index (χ1v) is 7.02. The van der Waals surface area contributed by atoms with Crippen molar-refractivity contribution in [3.63, 3.8) is 0 Å². The summed E-state index contributed by atoms with van der Waals surface area (Å²) in [6, 6.07) is 1.73. The van der Waals surface area contributed by atoms with E-state index in [1.807, 2.05) is 6.92 Å². The van der Waals surface area contributed by atoms with Gasteiger partial charge in [-0.1, -0.05) is 20.8 Å². The number of hydrogen-bond donors (Lipinski definition) is 2. The van der Waals surface area contributed by atoms with Crippen molar-refractivity contribution in [1.29, 1.82) is 0 Å². The third-order valence-electron chi connectivity index (χ3n) is 2.91. The molecule has 5 nitrogen and oxygen atoms in total. The van der Waals surface area contributed by atoms with E-state index in [4.69, 9.17) is 25.7 Å². The average Bonchev–Trinajstić information content (AvgIpc) is 2.42. The number of ether oxygens (including phenoxy) is 3. The van der Waals surface area contributed by atoms with Crippen molar-refractivity contribution in [3.8, 4) is 17.2 Å². The zero-order valence-corrected chi connectivity index (χ0v) is 12.9. The van der Waals surface area contributed by atoms with Crippen molar-refractivity contribution in [2.45, 2.75) is 33.6 Å². The molecule has 0 saturated carbocycles. The highest BCUT2D eigenvalue weighted by Gasteiger charge is 2.17. The van der Waals surface area contributed by atoms with E-state index in [0.717, 1.165) is 12.8 Å². The highest BCUT2D eigenvalue weighted by molar-refractivity contribution is 5.80. The number of nitrogens with two attached hydrogens (primary N) is 2. The lowest BCUT2D eigenvalue weighted by atomic mass is 10.1. The average molecular weight is 282 g/mol. The largest absolute Gasteiger partial charge is 0.493 e. The van der Waals surface area contributed by atoms with Crippen molar-refractivity contribution in [3.05, 3.63) is 6.07 Å². The molecule has 0 bridgehead atoms. The molecule has 0 spiro atoms. The van der Waals surface area contributed by atoms with Crippen LogP contribution in [0.15, 0.2) is 6.07 Å². The van der Waals surface area contributed by atoms with E-state index < -0.39 is 0 Å². The molecule has 0 amide bonds. The Morgan fingerprint density at radius 3 is 2.30 bits per heavy atom. The molecule has 0 atom stereocenters. The quantitative estimate of drug-likeness (QED) is 0.716. The van der Waals surface area contributed by atoms with E-state index in [1.54, 1.807) is 13.2 Å². The van der Waals surface area contributed by atoms with Gasteiger partial charge in [-0.05, 0) is 18.8 Å². The van der Waals surface area contributed by atoms with E-state index in [-0.39, 0.29) is 0 Å². The smallest absolute Gasteiger partial charge is 0.186 e. The van der Waals surface area contributed by atoms with Gasteiger partial charge in [0.2, 0.25) is 0 Å². The Morgan fingerprint density at radius 2 is 1.75 bits per heavy atom. The summed E-state index contributed by atoms with van der Waals surface area (Å²) < 4.78 is 16.6. The van der Waals surface area contributed by atoms with Crippen LogP contribution >= 0.6 is 0 Å². The first kappa shape index (κ1) is 16.3. The second-order valence-corrected chi connectivity index (χ2v) is 5.11. The predicted octanol–water partition coefficient (Wildman–Crippen LogP) is 3.07.